The van der Waals surface area contributed by atoms with Crippen molar-refractivity contribution in [2.24, 2.45) is 0 Å². The Hall–Kier alpha value is -3.29. The van der Waals surface area contributed by atoms with Crippen molar-refractivity contribution in [2.75, 3.05) is 39.3 Å². The Morgan fingerprint density at radius 3 is 2.54 bits per heavy atom. The Labute approximate surface area is 228 Å². The molecule has 4 rings (SSSR count). The van der Waals surface area contributed by atoms with Gasteiger partial charge in [0.1, 0.15) is 11.6 Å². The summed E-state index contributed by atoms with van der Waals surface area (Å²) in [4.78, 5) is 34.5. The molecule has 2 aromatic heterocycles. The summed E-state index contributed by atoms with van der Waals surface area (Å²) in [6.07, 6.45) is 1.47. The normalized spacial score (nSPS) is 15.2. The highest BCUT2D eigenvalue weighted by Gasteiger charge is 2.30. The van der Waals surface area contributed by atoms with Gasteiger partial charge in [0, 0.05) is 38.6 Å². The van der Waals surface area contributed by atoms with E-state index < -0.39 is 10.0 Å². The summed E-state index contributed by atoms with van der Waals surface area (Å²) in [5, 5.41) is 7.51. The van der Waals surface area contributed by atoms with Gasteiger partial charge < -0.3 is 15.0 Å². The van der Waals surface area contributed by atoms with Gasteiger partial charge in [0.05, 0.1) is 29.3 Å². The molecule has 1 fully saturated rings. The predicted octanol–water partition coefficient (Wildman–Crippen LogP) is 1.58. The fraction of sp³-hybridized carbons (Fsp3) is 0.538. The summed E-state index contributed by atoms with van der Waals surface area (Å²) >= 11 is 0. The van der Waals surface area contributed by atoms with Crippen LogP contribution in [0.1, 0.15) is 45.6 Å². The molecule has 0 radical (unpaired) electrons. The number of nitrogens with one attached hydrogen (secondary N) is 2. The van der Waals surface area contributed by atoms with Crippen molar-refractivity contribution in [3.8, 4) is 17.1 Å². The van der Waals surface area contributed by atoms with Gasteiger partial charge in [-0.2, -0.15) is 4.31 Å². The molecule has 1 amide bonds. The number of aryl methyl sites for hydroxylation is 2. The molecular weight excluding hydrogens is 522 g/mol. The molecule has 39 heavy (non-hydrogen) atoms. The number of aromatic amines is 1. The summed E-state index contributed by atoms with van der Waals surface area (Å²) < 4.78 is 36.0. The van der Waals surface area contributed by atoms with Crippen LogP contribution < -0.4 is 15.6 Å². The number of rotatable bonds is 10. The molecule has 12 nitrogen and oxygen atoms in total. The topological polar surface area (TPSA) is 142 Å². The number of carbonyl (C=O) groups excluding carboxylic acids is 1. The van der Waals surface area contributed by atoms with E-state index in [1.807, 2.05) is 32.6 Å². The van der Waals surface area contributed by atoms with Gasteiger partial charge in [-0.15, -0.1) is 5.10 Å². The zero-order valence-corrected chi connectivity index (χ0v) is 24.0. The van der Waals surface area contributed by atoms with Crippen LogP contribution in [-0.4, -0.2) is 88.5 Å². The first-order chi connectivity index (χ1) is 18.5. The van der Waals surface area contributed by atoms with Crippen LogP contribution in [-0.2, 0) is 21.2 Å². The molecule has 212 valence electrons. The van der Waals surface area contributed by atoms with Crippen molar-refractivity contribution in [1.82, 2.24) is 34.1 Å². The lowest BCUT2D eigenvalue weighted by Crippen LogP contribution is -2.51. The Balaban J connectivity index is 1.65. The highest BCUT2D eigenvalue weighted by atomic mass is 32.2. The molecule has 0 spiro atoms. The van der Waals surface area contributed by atoms with E-state index in [1.54, 1.807) is 17.5 Å². The van der Waals surface area contributed by atoms with Gasteiger partial charge >= 0.3 is 0 Å². The van der Waals surface area contributed by atoms with Crippen molar-refractivity contribution in [3.63, 3.8) is 0 Å². The van der Waals surface area contributed by atoms with E-state index in [0.717, 1.165) is 6.42 Å². The number of carbonyl (C=O) groups is 1. The fourth-order valence-electron chi connectivity index (χ4n) is 4.73. The number of piperazine rings is 1. The molecular formula is C26H37N7O5S. The average molecular weight is 560 g/mol. The molecule has 2 N–H and O–H groups in total. The van der Waals surface area contributed by atoms with Crippen LogP contribution in [0, 0.1) is 6.92 Å². The van der Waals surface area contributed by atoms with Crippen molar-refractivity contribution in [1.29, 1.82) is 0 Å². The third-order valence-corrected chi connectivity index (χ3v) is 8.40. The van der Waals surface area contributed by atoms with Gasteiger partial charge in [0.25, 0.3) is 5.56 Å². The summed E-state index contributed by atoms with van der Waals surface area (Å²) in [6, 6.07) is 4.64. The van der Waals surface area contributed by atoms with E-state index in [-0.39, 0.29) is 47.9 Å². The number of fused-ring (bicyclic) bond motifs is 1. The van der Waals surface area contributed by atoms with E-state index in [0.29, 0.717) is 54.5 Å². The maximum absolute atomic E-state index is 13.6. The number of H-pyrrole nitrogens is 1. The molecule has 0 atom stereocenters. The summed E-state index contributed by atoms with van der Waals surface area (Å²) in [5.41, 5.74) is 0.959. The zero-order valence-electron chi connectivity index (χ0n) is 23.2. The monoisotopic (exact) mass is 559 g/mol. The maximum atomic E-state index is 13.6. The first-order valence-corrected chi connectivity index (χ1v) is 14.8. The van der Waals surface area contributed by atoms with Crippen LogP contribution in [0.5, 0.6) is 5.75 Å². The van der Waals surface area contributed by atoms with Crippen LogP contribution >= 0.6 is 0 Å². The van der Waals surface area contributed by atoms with E-state index in [9.17, 15) is 18.0 Å². The van der Waals surface area contributed by atoms with Crippen LogP contribution in [0.25, 0.3) is 16.9 Å². The number of sulfonamides is 1. The summed E-state index contributed by atoms with van der Waals surface area (Å²) in [5.74, 6) is 1.20. The van der Waals surface area contributed by atoms with Crippen molar-refractivity contribution in [3.05, 3.63) is 40.1 Å². The minimum atomic E-state index is -3.85. The molecule has 0 unspecified atom stereocenters. The van der Waals surface area contributed by atoms with Crippen LogP contribution in [0.2, 0.25) is 0 Å². The van der Waals surface area contributed by atoms with Gasteiger partial charge in [-0.1, -0.05) is 6.92 Å². The smallest absolute Gasteiger partial charge is 0.277 e. The number of nitrogens with zero attached hydrogens (tertiary/aromatic N) is 5. The standard InChI is InChI=1S/C26H37N7O5S/c1-6-8-22-28-18(5)24-26(35)29-25(30-33(22)24)20-15-19(9-10-21(20)38-7-2)39(36,37)32-13-11-31(12-14-32)16-23(34)27-17(3)4/h9-10,15,17H,6-8,11-14,16H2,1-5H3,(H,27,34)(H,29,30,35). The Bertz CT molecular complexity index is 1500. The summed E-state index contributed by atoms with van der Waals surface area (Å²) in [6.45, 7) is 11.4. The van der Waals surface area contributed by atoms with Gasteiger partial charge in [0.2, 0.25) is 15.9 Å². The van der Waals surface area contributed by atoms with E-state index in [4.69, 9.17) is 4.74 Å². The highest BCUT2D eigenvalue weighted by Crippen LogP contribution is 2.31. The molecule has 1 aromatic carbocycles. The molecule has 1 aliphatic rings. The van der Waals surface area contributed by atoms with E-state index in [2.05, 4.69) is 20.4 Å². The highest BCUT2D eigenvalue weighted by molar-refractivity contribution is 7.89. The molecule has 0 bridgehead atoms. The minimum Gasteiger partial charge on any atom is -0.493 e. The first-order valence-electron chi connectivity index (χ1n) is 13.3. The van der Waals surface area contributed by atoms with Crippen LogP contribution in [0.3, 0.4) is 0 Å². The Morgan fingerprint density at radius 2 is 1.90 bits per heavy atom. The van der Waals surface area contributed by atoms with Gasteiger partial charge in [-0.25, -0.2) is 17.9 Å². The average Bonchev–Trinajstić information content (AvgIpc) is 3.19. The molecule has 3 aromatic rings. The molecule has 1 aliphatic heterocycles. The second-order valence-electron chi connectivity index (χ2n) is 9.92. The van der Waals surface area contributed by atoms with Crippen LogP contribution in [0.4, 0.5) is 0 Å². The molecule has 0 saturated carbocycles. The van der Waals surface area contributed by atoms with Gasteiger partial charge in [-0.3, -0.25) is 14.5 Å². The number of benzene rings is 1. The number of hydrogen-bond acceptors (Lipinski definition) is 8. The Kier molecular flexibility index (Phi) is 8.72. The van der Waals surface area contributed by atoms with Crippen molar-refractivity contribution < 1.29 is 17.9 Å². The third kappa shape index (κ3) is 6.15. The largest absolute Gasteiger partial charge is 0.493 e. The lowest BCUT2D eigenvalue weighted by atomic mass is 10.2. The van der Waals surface area contributed by atoms with E-state index in [1.165, 1.54) is 16.4 Å². The third-order valence-electron chi connectivity index (χ3n) is 6.51. The maximum Gasteiger partial charge on any atom is 0.277 e. The first kappa shape index (κ1) is 28.7. The molecule has 13 heteroatoms. The summed E-state index contributed by atoms with van der Waals surface area (Å²) in [7, 11) is -3.85. The second kappa shape index (κ2) is 11.8. The number of amides is 1. The number of aromatic nitrogens is 4. The van der Waals surface area contributed by atoms with Gasteiger partial charge in [-0.05, 0) is 52.3 Å². The minimum absolute atomic E-state index is 0.0502. The van der Waals surface area contributed by atoms with E-state index >= 15 is 0 Å². The van der Waals surface area contributed by atoms with Crippen molar-refractivity contribution >= 4 is 21.4 Å². The second-order valence-corrected chi connectivity index (χ2v) is 11.9. The zero-order chi connectivity index (χ0) is 28.3. The lowest BCUT2D eigenvalue weighted by molar-refractivity contribution is -0.123. The predicted molar refractivity (Wildman–Crippen MR) is 147 cm³/mol. The Morgan fingerprint density at radius 1 is 1.18 bits per heavy atom. The van der Waals surface area contributed by atoms with Crippen LogP contribution in [0.15, 0.2) is 27.9 Å². The quantitative estimate of drug-likeness (QED) is 0.381. The van der Waals surface area contributed by atoms with Crippen molar-refractivity contribution in [2.45, 2.75) is 58.4 Å². The number of imidazole rings is 1. The lowest BCUT2D eigenvalue weighted by Gasteiger charge is -2.33. The van der Waals surface area contributed by atoms with Gasteiger partial charge in [0.15, 0.2) is 11.3 Å². The SMILES string of the molecule is CCCc1nc(C)c2c(=O)[nH]c(-c3cc(S(=O)(=O)N4CCN(CC(=O)NC(C)C)CC4)ccc3OCC)nn12. The molecule has 3 heterocycles. The number of hydrogen-bond donors (Lipinski definition) is 2. The number of ether oxygens (including phenoxy) is 1. The molecule has 1 saturated heterocycles. The fourth-order valence-corrected chi connectivity index (χ4v) is 6.18. The molecule has 0 aliphatic carbocycles.